The number of benzene rings is 1. The van der Waals surface area contributed by atoms with Gasteiger partial charge in [0.1, 0.15) is 6.04 Å². The van der Waals surface area contributed by atoms with Crippen LogP contribution in [-0.4, -0.2) is 11.9 Å². The molecule has 3 heteroatoms. The van der Waals surface area contributed by atoms with Crippen molar-refractivity contribution in [2.45, 2.75) is 25.4 Å². The van der Waals surface area contributed by atoms with E-state index in [4.69, 9.17) is 12.2 Å². The minimum absolute atomic E-state index is 0.240. The Balaban J connectivity index is 2.65. The average Bonchev–Trinajstić information content (AvgIpc) is 2.35. The van der Waals surface area contributed by atoms with Crippen LogP contribution in [0.2, 0.25) is 0 Å². The van der Waals surface area contributed by atoms with E-state index >= 15 is 0 Å². The van der Waals surface area contributed by atoms with Crippen molar-refractivity contribution < 1.29 is 4.79 Å². The summed E-state index contributed by atoms with van der Waals surface area (Å²) in [5, 5.41) is 2.71. The maximum atomic E-state index is 11.7. The highest BCUT2D eigenvalue weighted by Gasteiger charge is 2.17. The predicted molar refractivity (Wildman–Crippen MR) is 64.4 cm³/mol. The van der Waals surface area contributed by atoms with Crippen molar-refractivity contribution in [3.05, 3.63) is 35.9 Å². The Morgan fingerprint density at radius 2 is 2.12 bits per heavy atom. The van der Waals surface area contributed by atoms with Crippen LogP contribution in [0.15, 0.2) is 30.3 Å². The minimum Gasteiger partial charge on any atom is -0.341 e. The van der Waals surface area contributed by atoms with Crippen molar-refractivity contribution >= 4 is 5.91 Å². The third-order valence-electron chi connectivity index (χ3n) is 2.37. The third-order valence-corrected chi connectivity index (χ3v) is 2.37. The Kier molecular flexibility index (Phi) is 4.56. The summed E-state index contributed by atoms with van der Waals surface area (Å²) in [6, 6.07) is 8.31. The number of terminal acetylenes is 1. The summed E-state index contributed by atoms with van der Waals surface area (Å²) < 4.78 is 0. The molecule has 0 aliphatic rings. The highest BCUT2D eigenvalue weighted by atomic mass is 16.2. The summed E-state index contributed by atoms with van der Waals surface area (Å²) in [5.41, 5.74) is 6.60. The topological polar surface area (TPSA) is 55.1 Å². The van der Waals surface area contributed by atoms with E-state index in [0.717, 1.165) is 5.56 Å². The Hall–Kier alpha value is -1.79. The van der Waals surface area contributed by atoms with Gasteiger partial charge in [-0.05, 0) is 12.0 Å². The molecule has 16 heavy (non-hydrogen) atoms. The van der Waals surface area contributed by atoms with Gasteiger partial charge in [0.05, 0.1) is 6.04 Å². The van der Waals surface area contributed by atoms with Crippen molar-refractivity contribution in [2.24, 2.45) is 5.73 Å². The largest absolute Gasteiger partial charge is 0.341 e. The number of nitrogens with two attached hydrogens (primary N) is 1. The predicted octanol–water partition coefficient (Wildman–Crippen LogP) is 1.21. The lowest BCUT2D eigenvalue weighted by atomic mass is 10.1. The van der Waals surface area contributed by atoms with E-state index in [1.807, 2.05) is 37.3 Å². The molecule has 1 aromatic carbocycles. The fraction of sp³-hybridized carbons (Fsp3) is 0.308. The van der Waals surface area contributed by atoms with Crippen molar-refractivity contribution in [3.8, 4) is 12.3 Å². The minimum atomic E-state index is -0.663. The molecule has 0 radical (unpaired) electrons. The zero-order valence-electron chi connectivity index (χ0n) is 9.31. The standard InChI is InChI=1S/C13H16N2O/c1-3-11(4-2)15-13(16)12(14)10-8-6-5-7-9-10/h1,5-9,11-12H,4,14H2,2H3,(H,15,16). The van der Waals surface area contributed by atoms with Gasteiger partial charge in [-0.2, -0.15) is 0 Å². The van der Waals surface area contributed by atoms with Gasteiger partial charge in [-0.25, -0.2) is 0 Å². The Bertz CT molecular complexity index is 381. The molecule has 0 aromatic heterocycles. The molecule has 0 aliphatic carbocycles. The normalized spacial score (nSPS) is 13.6. The number of amides is 1. The third kappa shape index (κ3) is 3.11. The molecule has 0 fully saturated rings. The molecule has 3 N–H and O–H groups in total. The second-order valence-corrected chi connectivity index (χ2v) is 3.52. The first-order valence-corrected chi connectivity index (χ1v) is 5.26. The van der Waals surface area contributed by atoms with Crippen LogP contribution in [0.25, 0.3) is 0 Å². The van der Waals surface area contributed by atoms with Crippen LogP contribution in [0.5, 0.6) is 0 Å². The van der Waals surface area contributed by atoms with Crippen molar-refractivity contribution in [2.75, 3.05) is 0 Å². The smallest absolute Gasteiger partial charge is 0.242 e. The van der Waals surface area contributed by atoms with Gasteiger partial charge < -0.3 is 11.1 Å². The molecule has 0 heterocycles. The fourth-order valence-electron chi connectivity index (χ4n) is 1.33. The Morgan fingerprint density at radius 1 is 1.50 bits per heavy atom. The van der Waals surface area contributed by atoms with E-state index < -0.39 is 6.04 Å². The van der Waals surface area contributed by atoms with Crippen LogP contribution in [0.4, 0.5) is 0 Å². The van der Waals surface area contributed by atoms with Crippen molar-refractivity contribution in [1.29, 1.82) is 0 Å². The summed E-state index contributed by atoms with van der Waals surface area (Å²) >= 11 is 0. The van der Waals surface area contributed by atoms with E-state index in [-0.39, 0.29) is 11.9 Å². The molecule has 0 bridgehead atoms. The van der Waals surface area contributed by atoms with Crippen LogP contribution in [0, 0.1) is 12.3 Å². The lowest BCUT2D eigenvalue weighted by molar-refractivity contribution is -0.122. The molecule has 1 aromatic rings. The number of carbonyl (C=O) groups excluding carboxylic acids is 1. The molecule has 84 valence electrons. The average molecular weight is 216 g/mol. The first-order valence-electron chi connectivity index (χ1n) is 5.26. The fourth-order valence-corrected chi connectivity index (χ4v) is 1.33. The van der Waals surface area contributed by atoms with E-state index in [1.54, 1.807) is 0 Å². The van der Waals surface area contributed by atoms with Crippen LogP contribution in [0.3, 0.4) is 0 Å². The maximum Gasteiger partial charge on any atom is 0.242 e. The summed E-state index contributed by atoms with van der Waals surface area (Å²) in [6.45, 7) is 1.92. The van der Waals surface area contributed by atoms with Crippen LogP contribution < -0.4 is 11.1 Å². The van der Waals surface area contributed by atoms with Crippen LogP contribution in [-0.2, 0) is 4.79 Å². The Labute approximate surface area is 96.0 Å². The summed E-state index contributed by atoms with van der Waals surface area (Å²) in [7, 11) is 0. The highest BCUT2D eigenvalue weighted by Crippen LogP contribution is 2.09. The maximum absolute atomic E-state index is 11.7. The lowest BCUT2D eigenvalue weighted by Gasteiger charge is -2.15. The monoisotopic (exact) mass is 216 g/mol. The number of rotatable bonds is 4. The molecule has 2 atom stereocenters. The number of hydrogen-bond donors (Lipinski definition) is 2. The summed E-state index contributed by atoms with van der Waals surface area (Å²) in [4.78, 5) is 11.7. The van der Waals surface area contributed by atoms with Gasteiger partial charge >= 0.3 is 0 Å². The van der Waals surface area contributed by atoms with E-state index in [9.17, 15) is 4.79 Å². The Morgan fingerprint density at radius 3 is 2.62 bits per heavy atom. The summed E-state index contributed by atoms with van der Waals surface area (Å²) in [6.07, 6.45) is 5.96. The van der Waals surface area contributed by atoms with Gasteiger partial charge in [-0.3, -0.25) is 4.79 Å². The molecule has 0 spiro atoms. The molecule has 2 unspecified atom stereocenters. The summed E-state index contributed by atoms with van der Waals surface area (Å²) in [5.74, 6) is 2.26. The zero-order valence-corrected chi connectivity index (χ0v) is 9.31. The molecule has 1 rings (SSSR count). The van der Waals surface area contributed by atoms with E-state index in [1.165, 1.54) is 0 Å². The van der Waals surface area contributed by atoms with Crippen molar-refractivity contribution in [3.63, 3.8) is 0 Å². The van der Waals surface area contributed by atoms with Crippen molar-refractivity contribution in [1.82, 2.24) is 5.32 Å². The van der Waals surface area contributed by atoms with Gasteiger partial charge in [-0.15, -0.1) is 6.42 Å². The quantitative estimate of drug-likeness (QED) is 0.743. The van der Waals surface area contributed by atoms with Gasteiger partial charge in [0.25, 0.3) is 0 Å². The second kappa shape index (κ2) is 5.94. The van der Waals surface area contributed by atoms with Crippen LogP contribution >= 0.6 is 0 Å². The zero-order chi connectivity index (χ0) is 12.0. The molecule has 0 saturated carbocycles. The van der Waals surface area contributed by atoms with Crippen LogP contribution in [0.1, 0.15) is 24.9 Å². The first kappa shape index (κ1) is 12.3. The number of carbonyl (C=O) groups is 1. The molecular weight excluding hydrogens is 200 g/mol. The first-order chi connectivity index (χ1) is 7.69. The molecule has 0 saturated heterocycles. The SMILES string of the molecule is C#CC(CC)NC(=O)C(N)c1ccccc1. The molecular formula is C13H16N2O. The van der Waals surface area contributed by atoms with Gasteiger partial charge in [0.2, 0.25) is 5.91 Å². The van der Waals surface area contributed by atoms with Gasteiger partial charge in [0, 0.05) is 0 Å². The van der Waals surface area contributed by atoms with Gasteiger partial charge in [0.15, 0.2) is 0 Å². The second-order valence-electron chi connectivity index (χ2n) is 3.52. The van der Waals surface area contributed by atoms with E-state index in [0.29, 0.717) is 6.42 Å². The number of nitrogens with one attached hydrogen (secondary N) is 1. The molecule has 0 aliphatic heterocycles. The number of hydrogen-bond acceptors (Lipinski definition) is 2. The molecule has 1 amide bonds. The molecule has 3 nitrogen and oxygen atoms in total. The lowest BCUT2D eigenvalue weighted by Crippen LogP contribution is -2.39. The highest BCUT2D eigenvalue weighted by molar-refractivity contribution is 5.83. The van der Waals surface area contributed by atoms with E-state index in [2.05, 4.69) is 11.2 Å². The van der Waals surface area contributed by atoms with Gasteiger partial charge in [-0.1, -0.05) is 43.2 Å².